The number of amides is 2. The highest BCUT2D eigenvalue weighted by atomic mass is 32.1. The van der Waals surface area contributed by atoms with E-state index in [0.29, 0.717) is 22.5 Å². The van der Waals surface area contributed by atoms with Crippen LogP contribution in [0, 0.1) is 0 Å². The third-order valence-corrected chi connectivity index (χ3v) is 4.15. The number of hydrogen-bond acceptors (Lipinski definition) is 4. The molecule has 2 amide bonds. The zero-order valence-corrected chi connectivity index (χ0v) is 11.9. The van der Waals surface area contributed by atoms with Gasteiger partial charge in [-0.15, -0.1) is 11.3 Å². The highest BCUT2D eigenvalue weighted by Crippen LogP contribution is 2.43. The Morgan fingerprint density at radius 3 is 2.90 bits per heavy atom. The minimum absolute atomic E-state index is 0.314. The van der Waals surface area contributed by atoms with Gasteiger partial charge in [-0.2, -0.15) is 0 Å². The molecule has 1 aliphatic carbocycles. The second-order valence-electron chi connectivity index (χ2n) is 4.62. The van der Waals surface area contributed by atoms with Crippen LogP contribution in [0.25, 0.3) is 0 Å². The quantitative estimate of drug-likeness (QED) is 0.902. The summed E-state index contributed by atoms with van der Waals surface area (Å²) in [6.07, 6.45) is 4.31. The molecule has 2 N–H and O–H groups in total. The molecule has 1 aromatic carbocycles. The van der Waals surface area contributed by atoms with E-state index in [1.165, 1.54) is 29.1 Å². The first-order valence-corrected chi connectivity index (χ1v) is 7.24. The molecule has 1 fully saturated rings. The maximum absolute atomic E-state index is 11.9. The van der Waals surface area contributed by atoms with Crippen molar-refractivity contribution in [3.05, 3.63) is 35.3 Å². The number of nitrogens with one attached hydrogen (secondary N) is 2. The van der Waals surface area contributed by atoms with Gasteiger partial charge in [0, 0.05) is 11.1 Å². The average molecular weight is 289 g/mol. The lowest BCUT2D eigenvalue weighted by Crippen LogP contribution is -2.19. The van der Waals surface area contributed by atoms with Gasteiger partial charge in [0.05, 0.1) is 12.8 Å². The number of aromatic nitrogens is 1. The highest BCUT2D eigenvalue weighted by Gasteiger charge is 2.25. The maximum Gasteiger partial charge on any atom is 0.325 e. The standard InChI is InChI=1S/C14H15N3O2S/c1-19-11-5-3-2-4-10(11)16-13(18)17-14-15-8-12(20-14)9-6-7-9/h2-5,8-9H,6-7H2,1H3,(H2,15,16,17,18). The smallest absolute Gasteiger partial charge is 0.325 e. The van der Waals surface area contributed by atoms with Crippen LogP contribution in [0.2, 0.25) is 0 Å². The molecule has 2 aromatic rings. The Morgan fingerprint density at radius 1 is 1.35 bits per heavy atom. The van der Waals surface area contributed by atoms with Gasteiger partial charge in [-0.25, -0.2) is 9.78 Å². The molecule has 1 aliphatic rings. The van der Waals surface area contributed by atoms with Crippen molar-refractivity contribution in [2.75, 3.05) is 17.7 Å². The summed E-state index contributed by atoms with van der Waals surface area (Å²) in [6.45, 7) is 0. The molecule has 3 rings (SSSR count). The zero-order chi connectivity index (χ0) is 13.9. The Labute approximate surface area is 121 Å². The van der Waals surface area contributed by atoms with Crippen molar-refractivity contribution < 1.29 is 9.53 Å². The van der Waals surface area contributed by atoms with Gasteiger partial charge in [-0.3, -0.25) is 5.32 Å². The summed E-state index contributed by atoms with van der Waals surface area (Å²) in [6, 6.07) is 6.96. The molecule has 5 nitrogen and oxygen atoms in total. The Bertz CT molecular complexity index is 622. The number of hydrogen-bond donors (Lipinski definition) is 2. The molecule has 0 radical (unpaired) electrons. The van der Waals surface area contributed by atoms with Crippen LogP contribution in [0.3, 0.4) is 0 Å². The molecule has 0 bridgehead atoms. The van der Waals surface area contributed by atoms with E-state index in [9.17, 15) is 4.79 Å². The van der Waals surface area contributed by atoms with Gasteiger partial charge < -0.3 is 10.1 Å². The number of carbonyl (C=O) groups excluding carboxylic acids is 1. The number of methoxy groups -OCH3 is 1. The molecular formula is C14H15N3O2S. The summed E-state index contributed by atoms with van der Waals surface area (Å²) in [5, 5.41) is 6.13. The summed E-state index contributed by atoms with van der Waals surface area (Å²) in [7, 11) is 1.57. The number of thiazole rings is 1. The van der Waals surface area contributed by atoms with Gasteiger partial charge in [-0.05, 0) is 30.9 Å². The Balaban J connectivity index is 1.63. The number of ether oxygens (including phenoxy) is 1. The van der Waals surface area contributed by atoms with Crippen LogP contribution < -0.4 is 15.4 Å². The lowest BCUT2D eigenvalue weighted by atomic mass is 10.3. The van der Waals surface area contributed by atoms with Crippen molar-refractivity contribution in [3.8, 4) is 5.75 Å². The fourth-order valence-electron chi connectivity index (χ4n) is 1.90. The summed E-state index contributed by atoms with van der Waals surface area (Å²) >= 11 is 1.54. The monoisotopic (exact) mass is 289 g/mol. The van der Waals surface area contributed by atoms with E-state index in [1.54, 1.807) is 19.2 Å². The first-order valence-electron chi connectivity index (χ1n) is 6.43. The van der Waals surface area contributed by atoms with Crippen LogP contribution >= 0.6 is 11.3 Å². The summed E-state index contributed by atoms with van der Waals surface area (Å²) < 4.78 is 5.18. The summed E-state index contributed by atoms with van der Waals surface area (Å²) in [5.74, 6) is 1.28. The third-order valence-electron chi connectivity index (χ3n) is 3.08. The maximum atomic E-state index is 11.9. The van der Waals surface area contributed by atoms with Crippen molar-refractivity contribution in [1.82, 2.24) is 4.98 Å². The number of benzene rings is 1. The van der Waals surface area contributed by atoms with E-state index in [2.05, 4.69) is 15.6 Å². The predicted molar refractivity (Wildman–Crippen MR) is 79.7 cm³/mol. The second-order valence-corrected chi connectivity index (χ2v) is 5.68. The number of para-hydroxylation sites is 2. The topological polar surface area (TPSA) is 63.2 Å². The molecule has 0 saturated heterocycles. The number of anilines is 2. The molecule has 1 heterocycles. The van der Waals surface area contributed by atoms with E-state index in [-0.39, 0.29) is 6.03 Å². The van der Waals surface area contributed by atoms with Crippen molar-refractivity contribution in [3.63, 3.8) is 0 Å². The Kier molecular flexibility index (Phi) is 3.56. The number of carbonyl (C=O) groups is 1. The van der Waals surface area contributed by atoms with Crippen LogP contribution in [-0.2, 0) is 0 Å². The van der Waals surface area contributed by atoms with Gasteiger partial charge in [-0.1, -0.05) is 12.1 Å². The van der Waals surface area contributed by atoms with Crippen LogP contribution in [0.15, 0.2) is 30.5 Å². The second kappa shape index (κ2) is 5.50. The van der Waals surface area contributed by atoms with Crippen LogP contribution in [0.5, 0.6) is 5.75 Å². The molecular weight excluding hydrogens is 274 g/mol. The van der Waals surface area contributed by atoms with E-state index < -0.39 is 0 Å². The van der Waals surface area contributed by atoms with Crippen LogP contribution in [-0.4, -0.2) is 18.1 Å². The molecule has 0 atom stereocenters. The molecule has 6 heteroatoms. The molecule has 1 aromatic heterocycles. The van der Waals surface area contributed by atoms with Crippen molar-refractivity contribution in [2.45, 2.75) is 18.8 Å². The molecule has 1 saturated carbocycles. The summed E-state index contributed by atoms with van der Waals surface area (Å²) in [4.78, 5) is 17.4. The summed E-state index contributed by atoms with van der Waals surface area (Å²) in [5.41, 5.74) is 0.631. The number of urea groups is 1. The fraction of sp³-hybridized carbons (Fsp3) is 0.286. The largest absolute Gasteiger partial charge is 0.495 e. The Morgan fingerprint density at radius 2 is 2.15 bits per heavy atom. The lowest BCUT2D eigenvalue weighted by Gasteiger charge is -2.09. The van der Waals surface area contributed by atoms with Crippen molar-refractivity contribution >= 4 is 28.2 Å². The van der Waals surface area contributed by atoms with Gasteiger partial charge in [0.25, 0.3) is 0 Å². The SMILES string of the molecule is COc1ccccc1NC(=O)Nc1ncc(C2CC2)s1. The van der Waals surface area contributed by atoms with Gasteiger partial charge in [0.1, 0.15) is 5.75 Å². The first kappa shape index (κ1) is 12.9. The average Bonchev–Trinajstić information content (AvgIpc) is 3.20. The van der Waals surface area contributed by atoms with Gasteiger partial charge in [0.2, 0.25) is 0 Å². The zero-order valence-electron chi connectivity index (χ0n) is 11.1. The van der Waals surface area contributed by atoms with Crippen LogP contribution in [0.4, 0.5) is 15.6 Å². The van der Waals surface area contributed by atoms with Crippen molar-refractivity contribution in [1.29, 1.82) is 0 Å². The van der Waals surface area contributed by atoms with Crippen molar-refractivity contribution in [2.24, 2.45) is 0 Å². The molecule has 0 spiro atoms. The minimum atomic E-state index is -0.314. The normalized spacial score (nSPS) is 13.8. The molecule has 0 unspecified atom stereocenters. The highest BCUT2D eigenvalue weighted by molar-refractivity contribution is 7.15. The first-order chi connectivity index (χ1) is 9.76. The van der Waals surface area contributed by atoms with E-state index in [0.717, 1.165) is 0 Å². The molecule has 104 valence electrons. The van der Waals surface area contributed by atoms with E-state index >= 15 is 0 Å². The van der Waals surface area contributed by atoms with E-state index in [4.69, 9.17) is 4.74 Å². The fourth-order valence-corrected chi connectivity index (χ4v) is 2.88. The predicted octanol–water partition coefficient (Wildman–Crippen LogP) is 3.67. The van der Waals surface area contributed by atoms with Gasteiger partial charge >= 0.3 is 6.03 Å². The Hall–Kier alpha value is -2.08. The number of rotatable bonds is 4. The number of nitrogens with zero attached hydrogens (tertiary/aromatic N) is 1. The van der Waals surface area contributed by atoms with Crippen LogP contribution in [0.1, 0.15) is 23.6 Å². The van der Waals surface area contributed by atoms with Gasteiger partial charge in [0.15, 0.2) is 5.13 Å². The molecule has 20 heavy (non-hydrogen) atoms. The van der Waals surface area contributed by atoms with E-state index in [1.807, 2.05) is 18.3 Å². The third kappa shape index (κ3) is 2.91. The molecule has 0 aliphatic heterocycles. The lowest BCUT2D eigenvalue weighted by molar-refractivity contribution is 0.262. The minimum Gasteiger partial charge on any atom is -0.495 e.